The quantitative estimate of drug-likeness (QED) is 0.333. The zero-order valence-electron chi connectivity index (χ0n) is 22.4. The molecular formula is C25H50N2O6. The second-order valence-corrected chi connectivity index (χ2v) is 11.4. The molecule has 8 nitrogen and oxygen atoms in total. The number of rotatable bonds is 16. The molecule has 1 unspecified atom stereocenters. The molecule has 0 aromatic rings. The van der Waals surface area contributed by atoms with Gasteiger partial charge in [-0.3, -0.25) is 10.1 Å². The van der Waals surface area contributed by atoms with Crippen LogP contribution in [-0.2, 0) is 23.7 Å². The van der Waals surface area contributed by atoms with Crippen LogP contribution in [0.4, 0.5) is 0 Å². The van der Waals surface area contributed by atoms with Gasteiger partial charge < -0.3 is 29.0 Å². The second-order valence-electron chi connectivity index (χ2n) is 11.4. The summed E-state index contributed by atoms with van der Waals surface area (Å²) < 4.78 is 22.8. The Hall–Kier alpha value is -0.770. The average molecular weight is 475 g/mol. The van der Waals surface area contributed by atoms with Crippen LogP contribution in [0.5, 0.6) is 0 Å². The van der Waals surface area contributed by atoms with Crippen LogP contribution in [0.2, 0.25) is 0 Å². The van der Waals surface area contributed by atoms with Gasteiger partial charge in [-0.2, -0.15) is 0 Å². The van der Waals surface area contributed by atoms with E-state index in [2.05, 4.69) is 5.32 Å². The van der Waals surface area contributed by atoms with E-state index in [1.54, 1.807) is 0 Å². The molecule has 1 aliphatic heterocycles. The molecule has 1 rings (SSSR count). The summed E-state index contributed by atoms with van der Waals surface area (Å²) in [7, 11) is 0. The Bertz CT molecular complexity index is 556. The monoisotopic (exact) mass is 474 g/mol. The van der Waals surface area contributed by atoms with Crippen molar-refractivity contribution in [3.63, 3.8) is 0 Å². The van der Waals surface area contributed by atoms with E-state index in [0.717, 1.165) is 19.3 Å². The third-order valence-corrected chi connectivity index (χ3v) is 5.42. The molecule has 196 valence electrons. The number of nitrogens with one attached hydrogen (secondary N) is 1. The number of aliphatic hydroxyl groups is 1. The van der Waals surface area contributed by atoms with Gasteiger partial charge in [0, 0.05) is 32.3 Å². The first kappa shape index (κ1) is 30.3. The normalized spacial score (nSPS) is 20.0. The van der Waals surface area contributed by atoms with Gasteiger partial charge in [0.2, 0.25) is 5.91 Å². The van der Waals surface area contributed by atoms with Crippen molar-refractivity contribution in [2.75, 3.05) is 52.8 Å². The zero-order valence-corrected chi connectivity index (χ0v) is 22.4. The van der Waals surface area contributed by atoms with Crippen LogP contribution in [0.1, 0.15) is 74.7 Å². The molecule has 1 heterocycles. The van der Waals surface area contributed by atoms with Gasteiger partial charge >= 0.3 is 0 Å². The topological polar surface area (TPSA) is 89.5 Å². The standard InChI is InChI=1S/C25H50N2O6/c1-23(2,3)32-18-20(17-28)11-14-31-16-15-30-13-10-9-12-27-22(29)21(26-25(27,7)8)19-33-24(4,5)6/h20-21,26,28H,9-19H2,1-8H3/t20?,21-/m0/s1. The van der Waals surface area contributed by atoms with Crippen LogP contribution in [0, 0.1) is 5.92 Å². The summed E-state index contributed by atoms with van der Waals surface area (Å²) in [6.45, 7) is 20.1. The molecule has 1 aliphatic rings. The molecule has 1 amide bonds. The molecule has 1 fully saturated rings. The molecule has 0 aromatic carbocycles. The molecule has 2 N–H and O–H groups in total. The SMILES string of the molecule is CC(C)(C)OCC(CO)CCOCCOCCCCN1C(=O)[C@H](COC(C)(C)C)NC1(C)C. The average Bonchev–Trinajstić information content (AvgIpc) is 2.91. The third kappa shape index (κ3) is 13.0. The molecule has 0 saturated carbocycles. The number of hydrogen-bond donors (Lipinski definition) is 2. The van der Waals surface area contributed by atoms with Crippen molar-refractivity contribution in [3.8, 4) is 0 Å². The summed E-state index contributed by atoms with van der Waals surface area (Å²) in [6.07, 6.45) is 2.54. The van der Waals surface area contributed by atoms with E-state index in [9.17, 15) is 9.90 Å². The van der Waals surface area contributed by atoms with Crippen LogP contribution in [0.25, 0.3) is 0 Å². The summed E-state index contributed by atoms with van der Waals surface area (Å²) in [5.41, 5.74) is -0.831. The fourth-order valence-corrected chi connectivity index (χ4v) is 3.51. The van der Waals surface area contributed by atoms with E-state index in [-0.39, 0.29) is 41.3 Å². The Morgan fingerprint density at radius 1 is 0.970 bits per heavy atom. The Kier molecular flexibility index (Phi) is 12.8. The highest BCUT2D eigenvalue weighted by Gasteiger charge is 2.44. The fourth-order valence-electron chi connectivity index (χ4n) is 3.51. The van der Waals surface area contributed by atoms with E-state index >= 15 is 0 Å². The molecule has 2 atom stereocenters. The fraction of sp³-hybridized carbons (Fsp3) is 0.960. The lowest BCUT2D eigenvalue weighted by atomic mass is 10.1. The minimum Gasteiger partial charge on any atom is -0.396 e. The summed E-state index contributed by atoms with van der Waals surface area (Å²) >= 11 is 0. The molecule has 0 aromatic heterocycles. The Morgan fingerprint density at radius 3 is 2.15 bits per heavy atom. The van der Waals surface area contributed by atoms with Gasteiger partial charge in [-0.25, -0.2) is 0 Å². The molecule has 0 bridgehead atoms. The number of carbonyl (C=O) groups is 1. The third-order valence-electron chi connectivity index (χ3n) is 5.42. The Morgan fingerprint density at radius 2 is 1.58 bits per heavy atom. The summed E-state index contributed by atoms with van der Waals surface area (Å²) in [5.74, 6) is 0.199. The molecular weight excluding hydrogens is 424 g/mol. The molecule has 1 saturated heterocycles. The number of hydrogen-bond acceptors (Lipinski definition) is 7. The number of aliphatic hydroxyl groups excluding tert-OH is 1. The van der Waals surface area contributed by atoms with Gasteiger partial charge in [-0.15, -0.1) is 0 Å². The highest BCUT2D eigenvalue weighted by Crippen LogP contribution is 2.23. The molecule has 8 heteroatoms. The maximum Gasteiger partial charge on any atom is 0.243 e. The minimum absolute atomic E-state index is 0.0943. The maximum absolute atomic E-state index is 12.8. The van der Waals surface area contributed by atoms with E-state index in [1.165, 1.54) is 0 Å². The van der Waals surface area contributed by atoms with Crippen LogP contribution < -0.4 is 5.32 Å². The summed E-state index contributed by atoms with van der Waals surface area (Å²) in [6, 6.07) is -0.293. The van der Waals surface area contributed by atoms with Crippen LogP contribution in [0.3, 0.4) is 0 Å². The highest BCUT2D eigenvalue weighted by molar-refractivity contribution is 5.85. The van der Waals surface area contributed by atoms with Gasteiger partial charge in [0.1, 0.15) is 6.04 Å². The van der Waals surface area contributed by atoms with E-state index in [0.29, 0.717) is 46.2 Å². The van der Waals surface area contributed by atoms with E-state index in [4.69, 9.17) is 18.9 Å². The van der Waals surface area contributed by atoms with Crippen molar-refractivity contribution in [2.45, 2.75) is 97.6 Å². The number of amides is 1. The van der Waals surface area contributed by atoms with Crippen molar-refractivity contribution in [2.24, 2.45) is 5.92 Å². The van der Waals surface area contributed by atoms with Crippen molar-refractivity contribution in [1.29, 1.82) is 0 Å². The van der Waals surface area contributed by atoms with Crippen LogP contribution in [0.15, 0.2) is 0 Å². The first-order chi connectivity index (χ1) is 15.2. The number of ether oxygens (including phenoxy) is 4. The number of nitrogens with zero attached hydrogens (tertiary/aromatic N) is 1. The summed E-state index contributed by atoms with van der Waals surface area (Å²) in [4.78, 5) is 14.7. The maximum atomic E-state index is 12.8. The van der Waals surface area contributed by atoms with Gasteiger partial charge in [-0.05, 0) is 74.7 Å². The number of carbonyl (C=O) groups excluding carboxylic acids is 1. The predicted octanol–water partition coefficient (Wildman–Crippen LogP) is 2.97. The smallest absolute Gasteiger partial charge is 0.243 e. The lowest BCUT2D eigenvalue weighted by Crippen LogP contribution is -2.48. The highest BCUT2D eigenvalue weighted by atomic mass is 16.5. The van der Waals surface area contributed by atoms with Crippen molar-refractivity contribution in [1.82, 2.24) is 10.2 Å². The molecule has 0 radical (unpaired) electrons. The second kappa shape index (κ2) is 14.0. The molecule has 33 heavy (non-hydrogen) atoms. The largest absolute Gasteiger partial charge is 0.396 e. The molecule has 0 spiro atoms. The van der Waals surface area contributed by atoms with E-state index < -0.39 is 0 Å². The summed E-state index contributed by atoms with van der Waals surface area (Å²) in [5, 5.41) is 12.8. The molecule has 0 aliphatic carbocycles. The van der Waals surface area contributed by atoms with Gasteiger partial charge in [-0.1, -0.05) is 0 Å². The van der Waals surface area contributed by atoms with Gasteiger partial charge in [0.15, 0.2) is 0 Å². The van der Waals surface area contributed by atoms with Crippen LogP contribution >= 0.6 is 0 Å². The van der Waals surface area contributed by atoms with Gasteiger partial charge in [0.25, 0.3) is 0 Å². The van der Waals surface area contributed by atoms with Crippen LogP contribution in [-0.4, -0.2) is 91.6 Å². The van der Waals surface area contributed by atoms with Crippen molar-refractivity contribution >= 4 is 5.91 Å². The minimum atomic E-state index is -0.373. The predicted molar refractivity (Wildman–Crippen MR) is 130 cm³/mol. The van der Waals surface area contributed by atoms with E-state index in [1.807, 2.05) is 60.3 Å². The lowest BCUT2D eigenvalue weighted by Gasteiger charge is -2.31. The van der Waals surface area contributed by atoms with Crippen molar-refractivity contribution < 1.29 is 28.8 Å². The van der Waals surface area contributed by atoms with Crippen molar-refractivity contribution in [3.05, 3.63) is 0 Å². The Balaban J connectivity index is 2.11. The first-order valence-corrected chi connectivity index (χ1v) is 12.4. The number of unbranched alkanes of at least 4 members (excludes halogenated alkanes) is 1. The van der Waals surface area contributed by atoms with Gasteiger partial charge in [0.05, 0.1) is 43.3 Å². The zero-order chi connectivity index (χ0) is 25.1. The first-order valence-electron chi connectivity index (χ1n) is 12.4. The lowest BCUT2D eigenvalue weighted by molar-refractivity contribution is -0.133. The Labute approximate surface area is 201 Å².